The third-order valence-electron chi connectivity index (χ3n) is 2.04. The molecule has 0 fully saturated rings. The molecule has 0 saturated heterocycles. The summed E-state index contributed by atoms with van der Waals surface area (Å²) >= 11 is 11.7. The van der Waals surface area contributed by atoms with Gasteiger partial charge in [-0.2, -0.15) is 0 Å². The molecule has 5 heteroatoms. The number of benzene rings is 1. The zero-order chi connectivity index (χ0) is 12.1. The Kier molecular flexibility index (Phi) is 5.06. The first-order chi connectivity index (χ1) is 7.52. The Morgan fingerprint density at radius 3 is 2.81 bits per heavy atom. The Morgan fingerprint density at radius 2 is 2.19 bits per heavy atom. The molecule has 1 aromatic rings. The van der Waals surface area contributed by atoms with E-state index in [0.717, 1.165) is 0 Å². The molecule has 0 saturated carbocycles. The lowest BCUT2D eigenvalue weighted by Gasteiger charge is -2.11. The number of hydrogen-bond acceptors (Lipinski definition) is 2. The van der Waals surface area contributed by atoms with Gasteiger partial charge in [-0.25, -0.2) is 0 Å². The molecule has 0 aliphatic carbocycles. The van der Waals surface area contributed by atoms with Gasteiger partial charge in [0.25, 0.3) is 0 Å². The number of nitrogens with one attached hydrogen (secondary N) is 1. The topological polar surface area (TPSA) is 49.3 Å². The van der Waals surface area contributed by atoms with Crippen LogP contribution in [0.25, 0.3) is 0 Å². The second kappa shape index (κ2) is 6.09. The van der Waals surface area contributed by atoms with E-state index in [1.807, 2.05) is 0 Å². The van der Waals surface area contributed by atoms with Crippen LogP contribution < -0.4 is 5.32 Å². The third kappa shape index (κ3) is 4.00. The number of aliphatic hydroxyl groups is 1. The highest BCUT2D eigenvalue weighted by Gasteiger charge is 2.09. The van der Waals surface area contributed by atoms with Gasteiger partial charge in [-0.05, 0) is 30.7 Å². The number of amides is 1. The van der Waals surface area contributed by atoms with Crippen molar-refractivity contribution in [1.82, 2.24) is 5.32 Å². The molecule has 0 spiro atoms. The second-order valence-electron chi connectivity index (χ2n) is 3.56. The van der Waals surface area contributed by atoms with E-state index in [4.69, 9.17) is 28.3 Å². The molecule has 0 bridgehead atoms. The molecule has 1 aromatic carbocycles. The van der Waals surface area contributed by atoms with Crippen molar-refractivity contribution in [2.75, 3.05) is 6.61 Å². The lowest BCUT2D eigenvalue weighted by atomic mass is 10.1. The molecule has 1 amide bonds. The van der Waals surface area contributed by atoms with Gasteiger partial charge in [-0.1, -0.05) is 23.2 Å². The van der Waals surface area contributed by atoms with E-state index in [1.165, 1.54) is 0 Å². The molecule has 0 aliphatic rings. The summed E-state index contributed by atoms with van der Waals surface area (Å²) in [4.78, 5) is 11.5. The number of halogens is 2. The molecular weight excluding hydrogens is 249 g/mol. The lowest BCUT2D eigenvalue weighted by Crippen LogP contribution is -2.36. The Labute approximate surface area is 104 Å². The molecule has 16 heavy (non-hydrogen) atoms. The van der Waals surface area contributed by atoms with Crippen molar-refractivity contribution in [3.63, 3.8) is 0 Å². The number of hydrogen-bond donors (Lipinski definition) is 2. The summed E-state index contributed by atoms with van der Waals surface area (Å²) in [6.45, 7) is 1.63. The Bertz CT molecular complexity index is 382. The Morgan fingerprint density at radius 1 is 1.50 bits per heavy atom. The van der Waals surface area contributed by atoms with Crippen LogP contribution in [0, 0.1) is 0 Å². The summed E-state index contributed by atoms with van der Waals surface area (Å²) < 4.78 is 0. The summed E-state index contributed by atoms with van der Waals surface area (Å²) in [6.07, 6.45) is 0.156. The summed E-state index contributed by atoms with van der Waals surface area (Å²) in [5.41, 5.74) is 0.678. The first-order valence-electron chi connectivity index (χ1n) is 4.87. The van der Waals surface area contributed by atoms with Crippen LogP contribution in [0.1, 0.15) is 12.5 Å². The smallest absolute Gasteiger partial charge is 0.224 e. The highest BCUT2D eigenvalue weighted by molar-refractivity contribution is 6.33. The van der Waals surface area contributed by atoms with Crippen molar-refractivity contribution < 1.29 is 9.90 Å². The van der Waals surface area contributed by atoms with E-state index in [9.17, 15) is 4.79 Å². The van der Waals surface area contributed by atoms with Gasteiger partial charge in [0.2, 0.25) is 5.91 Å². The normalized spacial score (nSPS) is 12.2. The van der Waals surface area contributed by atoms with Crippen molar-refractivity contribution >= 4 is 29.1 Å². The van der Waals surface area contributed by atoms with Crippen molar-refractivity contribution in [2.24, 2.45) is 0 Å². The van der Waals surface area contributed by atoms with E-state index in [0.29, 0.717) is 15.6 Å². The van der Waals surface area contributed by atoms with Gasteiger partial charge in [0.15, 0.2) is 0 Å². The predicted molar refractivity (Wildman–Crippen MR) is 64.9 cm³/mol. The van der Waals surface area contributed by atoms with Crippen molar-refractivity contribution in [1.29, 1.82) is 0 Å². The van der Waals surface area contributed by atoms with E-state index in [2.05, 4.69) is 5.32 Å². The van der Waals surface area contributed by atoms with Crippen molar-refractivity contribution in [2.45, 2.75) is 19.4 Å². The molecule has 1 unspecified atom stereocenters. The molecule has 1 atom stereocenters. The van der Waals surface area contributed by atoms with Crippen molar-refractivity contribution in [3.8, 4) is 0 Å². The fourth-order valence-electron chi connectivity index (χ4n) is 1.22. The molecule has 2 N–H and O–H groups in total. The molecular formula is C11H13Cl2NO2. The van der Waals surface area contributed by atoms with Gasteiger partial charge in [0.1, 0.15) is 0 Å². The van der Waals surface area contributed by atoms with E-state index < -0.39 is 0 Å². The standard InChI is InChI=1S/C11H13Cl2NO2/c1-7(6-15)14-11(16)5-8-4-9(12)2-3-10(8)13/h2-4,7,15H,5-6H2,1H3,(H,14,16). The largest absolute Gasteiger partial charge is 0.394 e. The molecule has 1 rings (SSSR count). The summed E-state index contributed by atoms with van der Waals surface area (Å²) in [5, 5.41) is 12.5. The van der Waals surface area contributed by atoms with Gasteiger partial charge in [-0.15, -0.1) is 0 Å². The Balaban J connectivity index is 2.65. The number of rotatable bonds is 4. The number of carbonyl (C=O) groups is 1. The maximum Gasteiger partial charge on any atom is 0.224 e. The van der Waals surface area contributed by atoms with Crippen LogP contribution in [-0.2, 0) is 11.2 Å². The van der Waals surface area contributed by atoms with Gasteiger partial charge in [0, 0.05) is 16.1 Å². The maximum absolute atomic E-state index is 11.5. The third-order valence-corrected chi connectivity index (χ3v) is 2.64. The molecule has 0 aromatic heterocycles. The summed E-state index contributed by atoms with van der Waals surface area (Å²) in [7, 11) is 0. The van der Waals surface area contributed by atoms with E-state index in [-0.39, 0.29) is 25.0 Å². The predicted octanol–water partition coefficient (Wildman–Crippen LogP) is 2.03. The monoisotopic (exact) mass is 261 g/mol. The van der Waals surface area contributed by atoms with Crippen LogP contribution in [0.15, 0.2) is 18.2 Å². The second-order valence-corrected chi connectivity index (χ2v) is 4.41. The van der Waals surface area contributed by atoms with Crippen LogP contribution in [0.3, 0.4) is 0 Å². The zero-order valence-electron chi connectivity index (χ0n) is 8.84. The molecule has 0 radical (unpaired) electrons. The maximum atomic E-state index is 11.5. The van der Waals surface area contributed by atoms with Crippen LogP contribution >= 0.6 is 23.2 Å². The average molecular weight is 262 g/mol. The summed E-state index contributed by atoms with van der Waals surface area (Å²) in [5.74, 6) is -0.189. The van der Waals surface area contributed by atoms with Gasteiger partial charge >= 0.3 is 0 Å². The fraction of sp³-hybridized carbons (Fsp3) is 0.364. The first kappa shape index (κ1) is 13.3. The number of carbonyl (C=O) groups excluding carboxylic acids is 1. The van der Waals surface area contributed by atoms with Gasteiger partial charge in [-0.3, -0.25) is 4.79 Å². The number of aliphatic hydroxyl groups excluding tert-OH is 1. The fourth-order valence-corrected chi connectivity index (χ4v) is 1.60. The average Bonchev–Trinajstić information content (AvgIpc) is 2.23. The highest BCUT2D eigenvalue weighted by Crippen LogP contribution is 2.20. The van der Waals surface area contributed by atoms with Crippen LogP contribution in [0.5, 0.6) is 0 Å². The SMILES string of the molecule is CC(CO)NC(=O)Cc1cc(Cl)ccc1Cl. The zero-order valence-corrected chi connectivity index (χ0v) is 10.3. The minimum atomic E-state index is -0.259. The Hall–Kier alpha value is -0.770. The van der Waals surface area contributed by atoms with Gasteiger partial charge < -0.3 is 10.4 Å². The highest BCUT2D eigenvalue weighted by atomic mass is 35.5. The van der Waals surface area contributed by atoms with E-state index >= 15 is 0 Å². The quantitative estimate of drug-likeness (QED) is 0.872. The van der Waals surface area contributed by atoms with Crippen LogP contribution in [0.4, 0.5) is 0 Å². The van der Waals surface area contributed by atoms with Crippen molar-refractivity contribution in [3.05, 3.63) is 33.8 Å². The molecule has 0 aliphatic heterocycles. The molecule has 0 heterocycles. The van der Waals surface area contributed by atoms with Crippen LogP contribution in [-0.4, -0.2) is 23.7 Å². The first-order valence-corrected chi connectivity index (χ1v) is 5.62. The minimum absolute atomic E-state index is 0.0883. The molecule has 3 nitrogen and oxygen atoms in total. The summed E-state index contributed by atoms with van der Waals surface area (Å²) in [6, 6.07) is 4.72. The van der Waals surface area contributed by atoms with E-state index in [1.54, 1.807) is 25.1 Å². The molecule has 88 valence electrons. The lowest BCUT2D eigenvalue weighted by molar-refractivity contribution is -0.121. The van der Waals surface area contributed by atoms with Crippen LogP contribution in [0.2, 0.25) is 10.0 Å². The van der Waals surface area contributed by atoms with Gasteiger partial charge in [0.05, 0.1) is 13.0 Å². The minimum Gasteiger partial charge on any atom is -0.394 e.